The van der Waals surface area contributed by atoms with Crippen LogP contribution in [0.4, 0.5) is 30.7 Å². The smallest absolute Gasteiger partial charge is 0.250 e. The molecule has 0 bridgehead atoms. The van der Waals surface area contributed by atoms with Gasteiger partial charge in [0.2, 0.25) is 40.1 Å². The second kappa shape index (κ2) is 41.5. The molecule has 4 fully saturated rings. The Morgan fingerprint density at radius 1 is 0.392 bits per heavy atom. The Balaban J connectivity index is 0.000000148. The van der Waals surface area contributed by atoms with Gasteiger partial charge in [-0.1, -0.05) is 119 Å². The van der Waals surface area contributed by atoms with Gasteiger partial charge in [0.25, 0.3) is 5.92 Å². The average Bonchev–Trinajstić information content (AvgIpc) is 1.64. The molecule has 12 aromatic rings. The van der Waals surface area contributed by atoms with E-state index in [0.717, 1.165) is 101 Å². The van der Waals surface area contributed by atoms with Gasteiger partial charge in [-0.05, 0) is 168 Å². The molecule has 0 aliphatic carbocycles. The zero-order chi connectivity index (χ0) is 93.2. The fourth-order valence-corrected chi connectivity index (χ4v) is 17.8. The van der Waals surface area contributed by atoms with Crippen LogP contribution in [0.3, 0.4) is 0 Å². The maximum Gasteiger partial charge on any atom is 0.250 e. The number of aryl methyl sites for hydroxylation is 4. The molecule has 4 aliphatic rings. The number of likely N-dealkylation sites (tertiary alicyclic amines) is 4. The molecule has 30 nitrogen and oxygen atoms in total. The quantitative estimate of drug-likeness (QED) is 0.0351. The molecule has 688 valence electrons. The number of nitriles is 1. The van der Waals surface area contributed by atoms with Crippen LogP contribution in [0.1, 0.15) is 142 Å². The van der Waals surface area contributed by atoms with Crippen molar-refractivity contribution in [2.45, 2.75) is 169 Å². The van der Waals surface area contributed by atoms with Gasteiger partial charge in [-0.3, -0.25) is 19.6 Å². The zero-order valence-corrected chi connectivity index (χ0v) is 75.0. The Hall–Kier alpha value is -11.2. The van der Waals surface area contributed by atoms with E-state index >= 15 is 0 Å². The van der Waals surface area contributed by atoms with Crippen LogP contribution in [-0.2, 0) is 92.0 Å². The van der Waals surface area contributed by atoms with Crippen LogP contribution in [0.15, 0.2) is 189 Å². The molecule has 4 aliphatic heterocycles. The van der Waals surface area contributed by atoms with Crippen molar-refractivity contribution in [3.05, 3.63) is 284 Å². The summed E-state index contributed by atoms with van der Waals surface area (Å²) >= 11 is 0. The summed E-state index contributed by atoms with van der Waals surface area (Å²) in [4.78, 5) is 25.5. The number of aromatic nitrogens is 12. The number of piperidine rings is 4. The van der Waals surface area contributed by atoms with E-state index in [-0.39, 0.29) is 86.8 Å². The third-order valence-corrected chi connectivity index (χ3v) is 26.0. The minimum atomic E-state index is -4.06. The minimum Gasteiger partial charge on any atom is -0.393 e. The fourth-order valence-electron chi connectivity index (χ4n) is 15.7. The van der Waals surface area contributed by atoms with E-state index in [4.69, 9.17) is 20.6 Å². The van der Waals surface area contributed by atoms with E-state index < -0.39 is 75.5 Å². The van der Waals surface area contributed by atoms with Crippen molar-refractivity contribution in [3.63, 3.8) is 0 Å². The Labute approximate surface area is 749 Å². The number of benzene rings is 8. The third-order valence-electron chi connectivity index (χ3n) is 22.4. The van der Waals surface area contributed by atoms with Gasteiger partial charge in [0.1, 0.15) is 75.5 Å². The molecule has 8 aromatic carbocycles. The predicted octanol–water partition coefficient (Wildman–Crippen LogP) is 10.7. The third kappa shape index (κ3) is 26.1. The van der Waals surface area contributed by atoms with Gasteiger partial charge < -0.3 is 5.11 Å². The van der Waals surface area contributed by atoms with Crippen molar-refractivity contribution in [1.82, 2.24) is 78.7 Å². The van der Waals surface area contributed by atoms with Crippen LogP contribution in [-0.4, -0.2) is 188 Å². The van der Waals surface area contributed by atoms with Crippen LogP contribution < -0.4 is 20.6 Å². The van der Waals surface area contributed by atoms with Crippen molar-refractivity contribution < 1.29 is 69.5 Å². The van der Waals surface area contributed by atoms with E-state index in [1.807, 2.05) is 130 Å². The molecular formula is C89H100F7N21O9S4. The number of alkyl halides is 3. The molecule has 0 amide bonds. The maximum atomic E-state index is 15.0. The molecule has 1 atom stereocenters. The average molecular weight is 1870 g/mol. The van der Waals surface area contributed by atoms with E-state index in [9.17, 15) is 74.8 Å². The monoisotopic (exact) mass is 1870 g/mol. The second-order valence-electron chi connectivity index (χ2n) is 33.0. The summed E-state index contributed by atoms with van der Waals surface area (Å²) in [5, 5.41) is 57.5. The van der Waals surface area contributed by atoms with E-state index in [1.165, 1.54) is 67.3 Å². The SMILES string of the molecule is Cc1cccc(Cc2nc(CN3CCC(F)(F)CC3)nn2-c2ccc(S(N)(=O)=O)cc2F)c1.Cc1cccc(Cc2nc(CN3CCC(F)CC3)nn2-c2ccc(S(N)(=O)=O)cc2F)c1.Cc1cccc(Cc2nc(CN3CCC(O)CC3)nn2-c2ccc(S(N)(=O)=O)cc2F)c1.Cc1cccc(Cc2nc(CN3CCCC(C#N)C3)nn2-c2ccc(S(N)(=O)=O)cc2F)c1. The zero-order valence-electron chi connectivity index (χ0n) is 71.8. The number of nitrogens with two attached hydrogens (primary N) is 4. The highest BCUT2D eigenvalue weighted by Crippen LogP contribution is 2.32. The summed E-state index contributed by atoms with van der Waals surface area (Å²) in [5.41, 5.74) is 8.58. The molecule has 4 aromatic heterocycles. The predicted molar refractivity (Wildman–Crippen MR) is 470 cm³/mol. The van der Waals surface area contributed by atoms with Crippen LogP contribution in [0.2, 0.25) is 0 Å². The fraction of sp³-hybridized carbons (Fsp3) is 0.360. The summed E-state index contributed by atoms with van der Waals surface area (Å²) in [5.74, 6) is -1.79. The van der Waals surface area contributed by atoms with Crippen molar-refractivity contribution in [2.75, 3.05) is 52.4 Å². The normalized spacial score (nSPS) is 16.4. The van der Waals surface area contributed by atoms with Crippen molar-refractivity contribution in [1.29, 1.82) is 5.26 Å². The molecule has 0 spiro atoms. The highest BCUT2D eigenvalue weighted by atomic mass is 32.2. The molecule has 130 heavy (non-hydrogen) atoms. The minimum absolute atomic E-state index is 0.0178. The standard InChI is InChI=1S/C23H25FN6O2S.C22H24F3N5O2S.C22H25F2N5O2S.C22H26FN5O3S/c1-16-4-2-5-17(10-16)11-23-27-22(15-29-9-3-6-18(13-25)14-29)28-30(23)21-8-7-19(12-20(21)24)33(26,31)32;1-15-3-2-4-16(11-15)12-21-27-20(14-29-9-7-22(24,25)8-10-29)28-30(21)19-6-5-17(13-18(19)23)33(26,31)32;1-15-3-2-4-16(11-15)12-22-26-21(14-28-9-7-17(23)8-10-28)27-29(22)20-6-5-18(13-19(20)24)32(25,30)31;1-15-3-2-4-16(11-15)12-22-25-21(14-27-9-7-17(29)8-10-27)26-28(22)20-6-5-18(13-19(20)23)32(24,30)31/h2,4-5,7-8,10,12,18H,3,6,9,11,14-15H2,1H3,(H2,26,31,32);2-6,11,13H,7-10,12,14H2,1H3,(H2,26,31,32);2-6,11,13,17H,7-10,12,14H2,1H3,(H2,25,30,31);2-6,11,13,17,29H,7-10,12,14H2,1H3,(H2,24,30,31). The Bertz CT molecular complexity index is 6400. The van der Waals surface area contributed by atoms with E-state index in [0.29, 0.717) is 137 Å². The highest BCUT2D eigenvalue weighted by molar-refractivity contribution is 7.90. The summed E-state index contributed by atoms with van der Waals surface area (Å²) in [7, 11) is -16.1. The van der Waals surface area contributed by atoms with Gasteiger partial charge in [0.05, 0.1) is 63.9 Å². The summed E-state index contributed by atoms with van der Waals surface area (Å²) in [6.07, 6.45) is 4.26. The summed E-state index contributed by atoms with van der Waals surface area (Å²) < 4.78 is 198. The van der Waals surface area contributed by atoms with Crippen molar-refractivity contribution in [2.24, 2.45) is 26.5 Å². The summed E-state index contributed by atoms with van der Waals surface area (Å²) in [6, 6.07) is 47.7. The summed E-state index contributed by atoms with van der Waals surface area (Å²) in [6.45, 7) is 14.2. The lowest BCUT2D eigenvalue weighted by atomic mass is 10.00. The van der Waals surface area contributed by atoms with E-state index in [2.05, 4.69) is 61.1 Å². The Morgan fingerprint density at radius 3 is 0.938 bits per heavy atom. The topological polar surface area (TPSA) is 420 Å². The molecule has 0 saturated carbocycles. The second-order valence-corrected chi connectivity index (χ2v) is 39.3. The van der Waals surface area contributed by atoms with Crippen LogP contribution in [0, 0.1) is 68.2 Å². The van der Waals surface area contributed by atoms with Crippen LogP contribution >= 0.6 is 0 Å². The molecule has 9 N–H and O–H groups in total. The Morgan fingerprint density at radius 2 is 0.669 bits per heavy atom. The molecule has 0 radical (unpaired) electrons. The number of halogens is 7. The first-order valence-corrected chi connectivity index (χ1v) is 48.1. The Kier molecular flexibility index (Phi) is 30.7. The van der Waals surface area contributed by atoms with E-state index in [1.54, 1.807) is 0 Å². The number of rotatable bonds is 24. The lowest BCUT2D eigenvalue weighted by Gasteiger charge is -2.30. The molecule has 8 heterocycles. The highest BCUT2D eigenvalue weighted by Gasteiger charge is 2.35. The van der Waals surface area contributed by atoms with Gasteiger partial charge in [-0.25, -0.2) is 124 Å². The number of aliphatic hydroxyl groups is 1. The number of hydrogen-bond donors (Lipinski definition) is 5. The first-order chi connectivity index (χ1) is 61.6. The number of aliphatic hydroxyl groups excluding tert-OH is 1. The van der Waals surface area contributed by atoms with Gasteiger partial charge in [0, 0.05) is 84.3 Å². The number of hydrogen-bond acceptors (Lipinski definition) is 22. The van der Waals surface area contributed by atoms with Crippen LogP contribution in [0.5, 0.6) is 0 Å². The number of nitrogens with zero attached hydrogens (tertiary/aromatic N) is 17. The molecule has 1 unspecified atom stereocenters. The first-order valence-electron chi connectivity index (χ1n) is 41.9. The van der Waals surface area contributed by atoms with Gasteiger partial charge in [0.15, 0.2) is 23.3 Å². The lowest BCUT2D eigenvalue weighted by molar-refractivity contribution is -0.0570. The van der Waals surface area contributed by atoms with Gasteiger partial charge in [-0.15, -0.1) is 20.4 Å². The molecule has 41 heteroatoms. The van der Waals surface area contributed by atoms with Crippen molar-refractivity contribution in [3.8, 4) is 28.8 Å². The largest absolute Gasteiger partial charge is 0.393 e. The van der Waals surface area contributed by atoms with Gasteiger partial charge in [-0.2, -0.15) is 5.26 Å². The number of sulfonamides is 4. The lowest BCUT2D eigenvalue weighted by Crippen LogP contribution is -2.39. The molecule has 4 saturated heterocycles. The molecule has 16 rings (SSSR count). The van der Waals surface area contributed by atoms with Gasteiger partial charge >= 0.3 is 0 Å². The van der Waals surface area contributed by atoms with Crippen LogP contribution in [0.25, 0.3) is 22.7 Å². The maximum absolute atomic E-state index is 15.0. The number of primary sulfonamides is 4. The first kappa shape index (κ1) is 96.3. The van der Waals surface area contributed by atoms with Crippen molar-refractivity contribution >= 4 is 40.1 Å². The molecular weight excluding hydrogens is 1770 g/mol.